The van der Waals surface area contributed by atoms with E-state index in [2.05, 4.69) is 10.1 Å². The highest BCUT2D eigenvalue weighted by molar-refractivity contribution is 5.95. The molecule has 0 heterocycles. The highest BCUT2D eigenvalue weighted by Gasteiger charge is 2.31. The van der Waals surface area contributed by atoms with Gasteiger partial charge in [0.15, 0.2) is 6.61 Å². The number of hydrogen-bond acceptors (Lipinski definition) is 4. The maximum Gasteiger partial charge on any atom is 0.573 e. The Morgan fingerprint density at radius 2 is 1.62 bits per heavy atom. The first-order valence-electron chi connectivity index (χ1n) is 7.68. The van der Waals surface area contributed by atoms with Gasteiger partial charge in [-0.2, -0.15) is 0 Å². The van der Waals surface area contributed by atoms with Crippen molar-refractivity contribution in [2.45, 2.75) is 19.7 Å². The maximum atomic E-state index is 12.1. The molecule has 0 aromatic heterocycles. The van der Waals surface area contributed by atoms with E-state index in [1.165, 1.54) is 0 Å². The number of rotatable bonds is 6. The number of nitrogens with one attached hydrogen (secondary N) is 1. The van der Waals surface area contributed by atoms with E-state index in [0.29, 0.717) is 5.69 Å². The molecule has 0 aliphatic carbocycles. The van der Waals surface area contributed by atoms with Crippen LogP contribution in [0.4, 0.5) is 18.9 Å². The molecule has 0 aliphatic heterocycles. The largest absolute Gasteiger partial charge is 0.573 e. The average Bonchev–Trinajstić information content (AvgIpc) is 2.59. The Bertz CT molecular complexity index is 756. The highest BCUT2D eigenvalue weighted by atomic mass is 19.4. The zero-order valence-electron chi connectivity index (χ0n) is 13.8. The topological polar surface area (TPSA) is 64.6 Å². The number of hydrogen-bond donors (Lipinski definition) is 1. The summed E-state index contributed by atoms with van der Waals surface area (Å²) in [4.78, 5) is 23.6. The molecule has 0 spiro atoms. The number of carbonyl (C=O) groups excluding carboxylic acids is 2. The molecule has 0 unspecified atom stereocenters. The van der Waals surface area contributed by atoms with Crippen LogP contribution in [0.3, 0.4) is 0 Å². The van der Waals surface area contributed by atoms with Crippen molar-refractivity contribution in [1.29, 1.82) is 0 Å². The summed E-state index contributed by atoms with van der Waals surface area (Å²) in [5, 5.41) is 2.57. The minimum atomic E-state index is -4.81. The third kappa shape index (κ3) is 6.12. The van der Waals surface area contributed by atoms with Gasteiger partial charge in [-0.05, 0) is 48.4 Å². The number of esters is 1. The Morgan fingerprint density at radius 1 is 1.00 bits per heavy atom. The molecule has 26 heavy (non-hydrogen) atoms. The molecule has 0 fully saturated rings. The molecule has 2 aromatic carbocycles. The van der Waals surface area contributed by atoms with Gasteiger partial charge in [0.2, 0.25) is 0 Å². The lowest BCUT2D eigenvalue weighted by atomic mass is 10.1. The fraction of sp³-hybridized carbons (Fsp3) is 0.222. The van der Waals surface area contributed by atoms with Crippen LogP contribution in [-0.4, -0.2) is 24.8 Å². The third-order valence-electron chi connectivity index (χ3n) is 3.30. The molecule has 1 N–H and O–H groups in total. The van der Waals surface area contributed by atoms with E-state index in [0.717, 1.165) is 36.2 Å². The predicted molar refractivity (Wildman–Crippen MR) is 87.9 cm³/mol. The zero-order chi connectivity index (χ0) is 19.2. The number of halogens is 3. The van der Waals surface area contributed by atoms with Crippen LogP contribution < -0.4 is 10.1 Å². The molecule has 1 amide bonds. The smallest absolute Gasteiger partial charge is 0.452 e. The SMILES string of the molecule is CCc1ccc(NC(=O)COC(=O)c2ccc(OC(F)(F)F)cc2)cc1. The van der Waals surface area contributed by atoms with E-state index in [1.807, 2.05) is 19.1 Å². The molecular formula is C18H16F3NO4. The van der Waals surface area contributed by atoms with Gasteiger partial charge in [-0.15, -0.1) is 13.2 Å². The Morgan fingerprint density at radius 3 is 2.15 bits per heavy atom. The average molecular weight is 367 g/mol. The molecule has 0 saturated carbocycles. The number of anilines is 1. The molecule has 0 radical (unpaired) electrons. The van der Waals surface area contributed by atoms with Crippen LogP contribution in [0.1, 0.15) is 22.8 Å². The van der Waals surface area contributed by atoms with Gasteiger partial charge >= 0.3 is 12.3 Å². The molecule has 2 rings (SSSR count). The highest BCUT2D eigenvalue weighted by Crippen LogP contribution is 2.22. The normalized spacial score (nSPS) is 10.9. The second kappa shape index (κ2) is 8.37. The van der Waals surface area contributed by atoms with Gasteiger partial charge in [-0.3, -0.25) is 4.79 Å². The van der Waals surface area contributed by atoms with E-state index in [-0.39, 0.29) is 5.56 Å². The maximum absolute atomic E-state index is 12.1. The van der Waals surface area contributed by atoms with Crippen LogP contribution in [0.5, 0.6) is 5.75 Å². The summed E-state index contributed by atoms with van der Waals surface area (Å²) in [5.41, 5.74) is 1.68. The Balaban J connectivity index is 1.84. The standard InChI is InChI=1S/C18H16F3NO4/c1-2-12-3-7-14(8-4-12)22-16(23)11-25-17(24)13-5-9-15(10-6-13)26-18(19,20)21/h3-10H,2,11H2,1H3,(H,22,23). The second-order valence-corrected chi connectivity index (χ2v) is 5.25. The minimum absolute atomic E-state index is 0.000349. The first kappa shape index (κ1) is 19.3. The van der Waals surface area contributed by atoms with Crippen LogP contribution in [0.2, 0.25) is 0 Å². The number of benzene rings is 2. The Hall–Kier alpha value is -3.03. The van der Waals surface area contributed by atoms with Gasteiger partial charge in [-0.1, -0.05) is 19.1 Å². The monoisotopic (exact) mass is 367 g/mol. The van der Waals surface area contributed by atoms with E-state index in [1.54, 1.807) is 12.1 Å². The number of alkyl halides is 3. The fourth-order valence-electron chi connectivity index (χ4n) is 2.03. The molecular weight excluding hydrogens is 351 g/mol. The van der Waals surface area contributed by atoms with Crippen molar-refractivity contribution in [2.75, 3.05) is 11.9 Å². The molecule has 0 saturated heterocycles. The van der Waals surface area contributed by atoms with Gasteiger partial charge in [0.1, 0.15) is 5.75 Å². The van der Waals surface area contributed by atoms with E-state index >= 15 is 0 Å². The van der Waals surface area contributed by atoms with Crippen LogP contribution in [0, 0.1) is 0 Å². The molecule has 0 atom stereocenters. The Labute approximate surface area is 147 Å². The summed E-state index contributed by atoms with van der Waals surface area (Å²) in [6.07, 6.45) is -3.94. The van der Waals surface area contributed by atoms with Crippen LogP contribution in [-0.2, 0) is 16.0 Å². The Kier molecular flexibility index (Phi) is 6.21. The zero-order valence-corrected chi connectivity index (χ0v) is 13.8. The van der Waals surface area contributed by atoms with Crippen LogP contribution >= 0.6 is 0 Å². The van der Waals surface area contributed by atoms with Gasteiger partial charge in [0, 0.05) is 5.69 Å². The van der Waals surface area contributed by atoms with Crippen LogP contribution in [0.15, 0.2) is 48.5 Å². The fourth-order valence-corrected chi connectivity index (χ4v) is 2.03. The summed E-state index contributed by atoms with van der Waals surface area (Å²) in [5.74, 6) is -1.82. The van der Waals surface area contributed by atoms with Crippen molar-refractivity contribution in [3.63, 3.8) is 0 Å². The number of carbonyl (C=O) groups is 2. The molecule has 0 aliphatic rings. The predicted octanol–water partition coefficient (Wildman–Crippen LogP) is 3.94. The van der Waals surface area contributed by atoms with Gasteiger partial charge < -0.3 is 14.8 Å². The van der Waals surface area contributed by atoms with Gasteiger partial charge in [-0.25, -0.2) is 4.79 Å². The first-order valence-corrected chi connectivity index (χ1v) is 7.68. The summed E-state index contributed by atoms with van der Waals surface area (Å²) in [7, 11) is 0. The molecule has 0 bridgehead atoms. The summed E-state index contributed by atoms with van der Waals surface area (Å²) in [6, 6.07) is 11.4. The second-order valence-electron chi connectivity index (χ2n) is 5.25. The molecule has 2 aromatic rings. The van der Waals surface area contributed by atoms with Crippen molar-refractivity contribution >= 4 is 17.6 Å². The van der Waals surface area contributed by atoms with Gasteiger partial charge in [0.05, 0.1) is 5.56 Å². The van der Waals surface area contributed by atoms with Crippen molar-refractivity contribution < 1.29 is 32.2 Å². The quantitative estimate of drug-likeness (QED) is 0.786. The van der Waals surface area contributed by atoms with Crippen LogP contribution in [0.25, 0.3) is 0 Å². The third-order valence-corrected chi connectivity index (χ3v) is 3.30. The molecule has 138 valence electrons. The van der Waals surface area contributed by atoms with E-state index in [4.69, 9.17) is 4.74 Å². The van der Waals surface area contributed by atoms with Crippen molar-refractivity contribution in [2.24, 2.45) is 0 Å². The lowest BCUT2D eigenvalue weighted by molar-refractivity contribution is -0.274. The first-order chi connectivity index (χ1) is 12.3. The van der Waals surface area contributed by atoms with Crippen molar-refractivity contribution in [3.05, 3.63) is 59.7 Å². The summed E-state index contributed by atoms with van der Waals surface area (Å²) in [6.45, 7) is 1.49. The summed E-state index contributed by atoms with van der Waals surface area (Å²) >= 11 is 0. The molecule has 5 nitrogen and oxygen atoms in total. The molecule has 8 heteroatoms. The van der Waals surface area contributed by atoms with Gasteiger partial charge in [0.25, 0.3) is 5.91 Å². The van der Waals surface area contributed by atoms with E-state index < -0.39 is 30.6 Å². The summed E-state index contributed by atoms with van der Waals surface area (Å²) < 4.78 is 44.8. The van der Waals surface area contributed by atoms with Crippen molar-refractivity contribution in [1.82, 2.24) is 0 Å². The lowest BCUT2D eigenvalue weighted by Crippen LogP contribution is -2.21. The number of ether oxygens (including phenoxy) is 2. The van der Waals surface area contributed by atoms with E-state index in [9.17, 15) is 22.8 Å². The van der Waals surface area contributed by atoms with Crippen molar-refractivity contribution in [3.8, 4) is 5.75 Å². The lowest BCUT2D eigenvalue weighted by Gasteiger charge is -2.09. The minimum Gasteiger partial charge on any atom is -0.452 e. The number of aryl methyl sites for hydroxylation is 1. The number of amides is 1.